The molecule has 26 heavy (non-hydrogen) atoms. The van der Waals surface area contributed by atoms with Crippen LogP contribution >= 0.6 is 35.3 Å². The van der Waals surface area contributed by atoms with Crippen molar-refractivity contribution >= 4 is 50.6 Å². The van der Waals surface area contributed by atoms with Gasteiger partial charge in [-0.2, -0.15) is 0 Å². The average molecular weight is 412 g/mol. The van der Waals surface area contributed by atoms with Gasteiger partial charge in [-0.25, -0.2) is 4.98 Å². The Balaban J connectivity index is 1.48. The van der Waals surface area contributed by atoms with E-state index < -0.39 is 0 Å². The minimum absolute atomic E-state index is 0.00390. The van der Waals surface area contributed by atoms with E-state index in [4.69, 9.17) is 17.0 Å². The molecule has 0 radical (unpaired) electrons. The predicted octanol–water partition coefficient (Wildman–Crippen LogP) is 2.86. The molecule has 3 heterocycles. The number of hydrogen-bond donors (Lipinski definition) is 0. The van der Waals surface area contributed by atoms with E-state index in [2.05, 4.69) is 16.8 Å². The van der Waals surface area contributed by atoms with Crippen LogP contribution in [0.3, 0.4) is 0 Å². The van der Waals surface area contributed by atoms with Crippen molar-refractivity contribution < 1.29 is 9.53 Å². The minimum Gasteiger partial charge on any atom is -0.459 e. The molecule has 140 valence electrons. The van der Waals surface area contributed by atoms with Gasteiger partial charge in [-0.15, -0.1) is 11.3 Å². The van der Waals surface area contributed by atoms with Crippen LogP contribution < -0.4 is 5.56 Å². The van der Waals surface area contributed by atoms with Crippen LogP contribution in [0.15, 0.2) is 16.2 Å². The molecule has 1 fully saturated rings. The molecule has 0 atom stereocenters. The van der Waals surface area contributed by atoms with Gasteiger partial charge in [0.05, 0.1) is 11.4 Å². The van der Waals surface area contributed by atoms with Gasteiger partial charge in [0, 0.05) is 30.2 Å². The summed E-state index contributed by atoms with van der Waals surface area (Å²) < 4.78 is 7.55. The molecule has 2 aromatic heterocycles. The summed E-state index contributed by atoms with van der Waals surface area (Å²) in [5.74, 6) is 0.557. The smallest absolute Gasteiger partial charge is 0.316 e. The molecule has 0 saturated carbocycles. The summed E-state index contributed by atoms with van der Waals surface area (Å²) in [5, 5.41) is 1.87. The van der Waals surface area contributed by atoms with Crippen LogP contribution in [0.25, 0.3) is 4.96 Å². The fraction of sp³-hybridized carbons (Fsp3) is 0.529. The number of piperidine rings is 1. The van der Waals surface area contributed by atoms with Crippen molar-refractivity contribution in [1.82, 2.24) is 14.3 Å². The number of nitrogens with zero attached hydrogens (tertiary/aromatic N) is 3. The van der Waals surface area contributed by atoms with Crippen LogP contribution in [0.4, 0.5) is 0 Å². The predicted molar refractivity (Wildman–Crippen MR) is 109 cm³/mol. The zero-order chi connectivity index (χ0) is 18.7. The van der Waals surface area contributed by atoms with E-state index in [0.29, 0.717) is 10.7 Å². The third kappa shape index (κ3) is 4.63. The topological polar surface area (TPSA) is 63.9 Å². The molecule has 0 amide bonds. The summed E-state index contributed by atoms with van der Waals surface area (Å²) in [7, 11) is 0. The Labute approximate surface area is 165 Å². The lowest BCUT2D eigenvalue weighted by Gasteiger charge is -2.31. The highest BCUT2D eigenvalue weighted by atomic mass is 32.2. The first-order valence-electron chi connectivity index (χ1n) is 8.48. The standard InChI is InChI=1S/C17H21N3O3S3/c1-11-3-5-19(6-4-11)17(24)26-10-15(22)23-8-13-7-14(21)20-12(2)9-25-16(20)18-13/h7,9,11H,3-6,8,10H2,1-2H3. The highest BCUT2D eigenvalue weighted by Gasteiger charge is 2.19. The average Bonchev–Trinajstić information content (AvgIpc) is 3.00. The van der Waals surface area contributed by atoms with Crippen molar-refractivity contribution in [3.63, 3.8) is 0 Å². The summed E-state index contributed by atoms with van der Waals surface area (Å²) in [6.07, 6.45) is 2.27. The lowest BCUT2D eigenvalue weighted by atomic mass is 10.00. The van der Waals surface area contributed by atoms with E-state index in [1.54, 1.807) is 4.40 Å². The van der Waals surface area contributed by atoms with Gasteiger partial charge in [0.25, 0.3) is 5.56 Å². The number of thiazole rings is 1. The van der Waals surface area contributed by atoms with Gasteiger partial charge in [0.1, 0.15) is 10.9 Å². The Morgan fingerprint density at radius 1 is 1.46 bits per heavy atom. The Bertz CT molecular complexity index is 869. The summed E-state index contributed by atoms with van der Waals surface area (Å²) in [6, 6.07) is 1.41. The number of aryl methyl sites for hydroxylation is 1. The molecule has 0 spiro atoms. The fourth-order valence-electron chi connectivity index (χ4n) is 2.77. The van der Waals surface area contributed by atoms with Crippen LogP contribution in [-0.4, -0.2) is 43.4 Å². The molecule has 0 aromatic carbocycles. The van der Waals surface area contributed by atoms with Crippen LogP contribution in [-0.2, 0) is 16.1 Å². The zero-order valence-corrected chi connectivity index (χ0v) is 17.2. The number of rotatable bonds is 4. The van der Waals surface area contributed by atoms with Gasteiger partial charge >= 0.3 is 5.97 Å². The van der Waals surface area contributed by atoms with Gasteiger partial charge in [-0.1, -0.05) is 30.9 Å². The molecule has 0 unspecified atom stereocenters. The first kappa shape index (κ1) is 19.3. The third-order valence-electron chi connectivity index (χ3n) is 4.36. The maximum Gasteiger partial charge on any atom is 0.316 e. The van der Waals surface area contributed by atoms with E-state index in [9.17, 15) is 9.59 Å². The summed E-state index contributed by atoms with van der Waals surface area (Å²) in [4.78, 5) is 31.2. The zero-order valence-electron chi connectivity index (χ0n) is 14.8. The molecule has 0 N–H and O–H groups in total. The van der Waals surface area contributed by atoms with Crippen molar-refractivity contribution in [2.24, 2.45) is 5.92 Å². The number of ether oxygens (including phenoxy) is 1. The van der Waals surface area contributed by atoms with E-state index in [-0.39, 0.29) is 23.9 Å². The third-order valence-corrected chi connectivity index (χ3v) is 6.81. The van der Waals surface area contributed by atoms with E-state index in [1.807, 2.05) is 12.3 Å². The van der Waals surface area contributed by atoms with E-state index in [0.717, 1.165) is 41.9 Å². The van der Waals surface area contributed by atoms with E-state index >= 15 is 0 Å². The molecule has 6 nitrogen and oxygen atoms in total. The van der Waals surface area contributed by atoms with Crippen molar-refractivity contribution in [2.45, 2.75) is 33.3 Å². The maximum absolute atomic E-state index is 12.1. The van der Waals surface area contributed by atoms with Gasteiger partial charge in [-0.05, 0) is 25.7 Å². The Morgan fingerprint density at radius 3 is 2.92 bits per heavy atom. The number of hydrogen-bond acceptors (Lipinski definition) is 7. The van der Waals surface area contributed by atoms with Gasteiger partial charge in [0.2, 0.25) is 0 Å². The maximum atomic E-state index is 12.1. The highest BCUT2D eigenvalue weighted by Crippen LogP contribution is 2.20. The van der Waals surface area contributed by atoms with Crippen molar-refractivity contribution in [1.29, 1.82) is 0 Å². The molecule has 3 rings (SSSR count). The second-order valence-electron chi connectivity index (χ2n) is 6.47. The number of aromatic nitrogens is 2. The number of fused-ring (bicyclic) bond motifs is 1. The quantitative estimate of drug-likeness (QED) is 0.566. The van der Waals surface area contributed by atoms with Gasteiger partial charge in [0.15, 0.2) is 4.96 Å². The second kappa shape index (κ2) is 8.49. The highest BCUT2D eigenvalue weighted by molar-refractivity contribution is 8.23. The molecular formula is C17H21N3O3S3. The molecule has 9 heteroatoms. The number of esters is 1. The first-order chi connectivity index (χ1) is 12.4. The molecule has 1 aliphatic rings. The van der Waals surface area contributed by atoms with Crippen LogP contribution in [0.5, 0.6) is 0 Å². The first-order valence-corrected chi connectivity index (χ1v) is 10.8. The Kier molecular flexibility index (Phi) is 6.31. The second-order valence-corrected chi connectivity index (χ2v) is 8.91. The van der Waals surface area contributed by atoms with Crippen molar-refractivity contribution in [3.8, 4) is 0 Å². The number of thioether (sulfide) groups is 1. The molecule has 1 aliphatic heterocycles. The summed E-state index contributed by atoms with van der Waals surface area (Å²) in [5.41, 5.74) is 1.15. The summed E-state index contributed by atoms with van der Waals surface area (Å²) in [6.45, 7) is 6.01. The normalized spacial score (nSPS) is 15.4. The molecule has 0 aliphatic carbocycles. The summed E-state index contributed by atoms with van der Waals surface area (Å²) >= 11 is 8.13. The molecule has 2 aromatic rings. The lowest BCUT2D eigenvalue weighted by Crippen LogP contribution is -2.35. The van der Waals surface area contributed by atoms with E-state index in [1.165, 1.54) is 29.2 Å². The van der Waals surface area contributed by atoms with Crippen molar-refractivity contribution in [3.05, 3.63) is 33.2 Å². The minimum atomic E-state index is -0.355. The Morgan fingerprint density at radius 2 is 2.19 bits per heavy atom. The largest absolute Gasteiger partial charge is 0.459 e. The number of carbonyl (C=O) groups excluding carboxylic acids is 1. The number of thiocarbonyl (C=S) groups is 1. The molecule has 0 bridgehead atoms. The lowest BCUT2D eigenvalue weighted by molar-refractivity contribution is -0.141. The van der Waals surface area contributed by atoms with Crippen molar-refractivity contribution in [2.75, 3.05) is 18.8 Å². The monoisotopic (exact) mass is 411 g/mol. The Hall–Kier alpha value is -1.45. The van der Waals surface area contributed by atoms with Gasteiger partial charge in [-0.3, -0.25) is 14.0 Å². The number of carbonyl (C=O) groups is 1. The van der Waals surface area contributed by atoms with Crippen LogP contribution in [0.2, 0.25) is 0 Å². The SMILES string of the molecule is Cc1csc2nc(COC(=O)CSC(=S)N3CCC(C)CC3)cc(=O)n12. The molecular weight excluding hydrogens is 390 g/mol. The molecule has 1 saturated heterocycles. The van der Waals surface area contributed by atoms with Gasteiger partial charge < -0.3 is 9.64 Å². The number of likely N-dealkylation sites (tertiary alicyclic amines) is 1. The van der Waals surface area contributed by atoms with Crippen LogP contribution in [0.1, 0.15) is 31.2 Å². The van der Waals surface area contributed by atoms with Crippen LogP contribution in [0, 0.1) is 12.8 Å². The fourth-order valence-corrected chi connectivity index (χ4v) is 4.71.